The summed E-state index contributed by atoms with van der Waals surface area (Å²) in [6.45, 7) is 0. The molecule has 29 heavy (non-hydrogen) atoms. The molecule has 6 heteroatoms. The van der Waals surface area contributed by atoms with Crippen molar-refractivity contribution in [3.8, 4) is 5.75 Å². The summed E-state index contributed by atoms with van der Waals surface area (Å²) in [5.74, 6) is 0.925. The van der Waals surface area contributed by atoms with Gasteiger partial charge in [-0.3, -0.25) is 9.59 Å². The highest BCUT2D eigenvalue weighted by atomic mass is 32.1. The molecule has 4 rings (SSSR count). The molecule has 1 aliphatic carbocycles. The van der Waals surface area contributed by atoms with Gasteiger partial charge in [-0.05, 0) is 66.1 Å². The highest BCUT2D eigenvalue weighted by Gasteiger charge is 2.33. The van der Waals surface area contributed by atoms with Gasteiger partial charge in [0.05, 0.1) is 18.0 Å². The van der Waals surface area contributed by atoms with Crippen LogP contribution in [0.5, 0.6) is 5.75 Å². The fourth-order valence-corrected chi connectivity index (χ4v) is 3.90. The van der Waals surface area contributed by atoms with E-state index in [0.29, 0.717) is 22.0 Å². The molecule has 1 fully saturated rings. The SMILES string of the molecule is COc1ccc(C(NC(=O)c2cccc(NC(=O)c3cccs3)c2)C2CC2)cc1. The summed E-state index contributed by atoms with van der Waals surface area (Å²) in [6.07, 6.45) is 2.21. The normalized spacial score (nSPS) is 14.1. The third-order valence-corrected chi connectivity index (χ3v) is 5.85. The topological polar surface area (TPSA) is 67.4 Å². The summed E-state index contributed by atoms with van der Waals surface area (Å²) in [7, 11) is 1.64. The van der Waals surface area contributed by atoms with Crippen LogP contribution >= 0.6 is 11.3 Å². The van der Waals surface area contributed by atoms with Gasteiger partial charge in [0.15, 0.2) is 0 Å². The van der Waals surface area contributed by atoms with E-state index in [1.54, 1.807) is 37.4 Å². The lowest BCUT2D eigenvalue weighted by Crippen LogP contribution is -2.30. The molecule has 1 unspecified atom stereocenters. The van der Waals surface area contributed by atoms with Crippen LogP contribution in [0, 0.1) is 5.92 Å². The van der Waals surface area contributed by atoms with E-state index in [1.165, 1.54) is 11.3 Å². The van der Waals surface area contributed by atoms with Crippen molar-refractivity contribution in [2.45, 2.75) is 18.9 Å². The number of carbonyl (C=O) groups is 2. The fourth-order valence-electron chi connectivity index (χ4n) is 3.28. The van der Waals surface area contributed by atoms with Crippen LogP contribution in [0.15, 0.2) is 66.0 Å². The van der Waals surface area contributed by atoms with E-state index >= 15 is 0 Å². The van der Waals surface area contributed by atoms with Crippen LogP contribution < -0.4 is 15.4 Å². The van der Waals surface area contributed by atoms with Crippen molar-refractivity contribution in [3.63, 3.8) is 0 Å². The zero-order chi connectivity index (χ0) is 20.2. The highest BCUT2D eigenvalue weighted by molar-refractivity contribution is 7.12. The molecule has 1 heterocycles. The predicted molar refractivity (Wildman–Crippen MR) is 115 cm³/mol. The van der Waals surface area contributed by atoms with Crippen LogP contribution in [0.2, 0.25) is 0 Å². The maximum absolute atomic E-state index is 12.9. The van der Waals surface area contributed by atoms with Gasteiger partial charge < -0.3 is 15.4 Å². The minimum absolute atomic E-state index is 0.0298. The largest absolute Gasteiger partial charge is 0.497 e. The van der Waals surface area contributed by atoms with Gasteiger partial charge in [0.1, 0.15) is 5.75 Å². The smallest absolute Gasteiger partial charge is 0.265 e. The standard InChI is InChI=1S/C23H22N2O3S/c1-28-19-11-9-16(10-12-19)21(15-7-8-15)25-22(26)17-4-2-5-18(14-17)24-23(27)20-6-3-13-29-20/h2-6,9-15,21H,7-8H2,1H3,(H,24,27)(H,25,26). The maximum Gasteiger partial charge on any atom is 0.265 e. The van der Waals surface area contributed by atoms with Crippen LogP contribution in [0.3, 0.4) is 0 Å². The first-order chi connectivity index (χ1) is 14.1. The quantitative estimate of drug-likeness (QED) is 0.587. The van der Waals surface area contributed by atoms with E-state index in [1.807, 2.05) is 35.7 Å². The van der Waals surface area contributed by atoms with E-state index in [9.17, 15) is 9.59 Å². The van der Waals surface area contributed by atoms with E-state index in [2.05, 4.69) is 10.6 Å². The summed E-state index contributed by atoms with van der Waals surface area (Å²) in [5, 5.41) is 7.87. The molecular formula is C23H22N2O3S. The van der Waals surface area contributed by atoms with Crippen molar-refractivity contribution in [2.75, 3.05) is 12.4 Å². The molecule has 1 atom stereocenters. The molecule has 3 aromatic rings. The van der Waals surface area contributed by atoms with Crippen LogP contribution in [0.25, 0.3) is 0 Å². The molecule has 0 radical (unpaired) electrons. The van der Waals surface area contributed by atoms with Crippen molar-refractivity contribution in [2.24, 2.45) is 5.92 Å². The fraction of sp³-hybridized carbons (Fsp3) is 0.217. The van der Waals surface area contributed by atoms with E-state index in [-0.39, 0.29) is 17.9 Å². The third kappa shape index (κ3) is 4.66. The summed E-state index contributed by atoms with van der Waals surface area (Å²) in [4.78, 5) is 25.8. The second-order valence-electron chi connectivity index (χ2n) is 7.07. The molecule has 5 nitrogen and oxygen atoms in total. The second-order valence-corrected chi connectivity index (χ2v) is 8.02. The number of rotatable bonds is 7. The van der Waals surface area contributed by atoms with Crippen LogP contribution in [0.4, 0.5) is 5.69 Å². The average Bonchev–Trinajstić information content (AvgIpc) is 3.44. The molecule has 1 saturated carbocycles. The number of thiophene rings is 1. The molecule has 0 aliphatic heterocycles. The lowest BCUT2D eigenvalue weighted by atomic mass is 10.0. The summed E-state index contributed by atoms with van der Waals surface area (Å²) in [5.41, 5.74) is 2.19. The zero-order valence-corrected chi connectivity index (χ0v) is 16.9. The first-order valence-electron chi connectivity index (χ1n) is 9.54. The lowest BCUT2D eigenvalue weighted by molar-refractivity contribution is 0.0930. The molecule has 1 aliphatic rings. The summed E-state index contributed by atoms with van der Waals surface area (Å²) >= 11 is 1.38. The van der Waals surface area contributed by atoms with E-state index in [4.69, 9.17) is 4.74 Å². The van der Waals surface area contributed by atoms with Crippen molar-refractivity contribution in [1.82, 2.24) is 5.32 Å². The van der Waals surface area contributed by atoms with E-state index in [0.717, 1.165) is 24.2 Å². The Bertz CT molecular complexity index is 995. The van der Waals surface area contributed by atoms with Gasteiger partial charge in [-0.1, -0.05) is 24.3 Å². The van der Waals surface area contributed by atoms with Gasteiger partial charge in [-0.15, -0.1) is 11.3 Å². The van der Waals surface area contributed by atoms with Crippen LogP contribution in [-0.2, 0) is 0 Å². The molecule has 2 N–H and O–H groups in total. The summed E-state index contributed by atoms with van der Waals surface area (Å²) in [6, 6.07) is 18.4. The first kappa shape index (κ1) is 19.2. The third-order valence-electron chi connectivity index (χ3n) is 4.98. The van der Waals surface area contributed by atoms with Gasteiger partial charge in [0, 0.05) is 11.3 Å². The van der Waals surface area contributed by atoms with Gasteiger partial charge >= 0.3 is 0 Å². The van der Waals surface area contributed by atoms with Crippen molar-refractivity contribution < 1.29 is 14.3 Å². The Morgan fingerprint density at radius 2 is 1.83 bits per heavy atom. The zero-order valence-electron chi connectivity index (χ0n) is 16.1. The monoisotopic (exact) mass is 406 g/mol. The Kier molecular flexibility index (Phi) is 5.62. The van der Waals surface area contributed by atoms with E-state index < -0.39 is 0 Å². The number of amides is 2. The van der Waals surface area contributed by atoms with Crippen LogP contribution in [-0.4, -0.2) is 18.9 Å². The molecule has 148 valence electrons. The number of methoxy groups -OCH3 is 1. The first-order valence-corrected chi connectivity index (χ1v) is 10.4. The minimum atomic E-state index is -0.174. The number of anilines is 1. The van der Waals surface area contributed by atoms with Gasteiger partial charge in [-0.2, -0.15) is 0 Å². The van der Waals surface area contributed by atoms with Crippen molar-refractivity contribution >= 4 is 28.8 Å². The number of ether oxygens (including phenoxy) is 1. The molecule has 2 amide bonds. The van der Waals surface area contributed by atoms with Gasteiger partial charge in [-0.25, -0.2) is 0 Å². The van der Waals surface area contributed by atoms with Crippen LogP contribution in [0.1, 0.15) is 44.5 Å². The molecule has 0 bridgehead atoms. The number of nitrogens with one attached hydrogen (secondary N) is 2. The molecule has 0 saturated heterocycles. The number of benzene rings is 2. The highest BCUT2D eigenvalue weighted by Crippen LogP contribution is 2.41. The maximum atomic E-state index is 12.9. The Balaban J connectivity index is 1.47. The summed E-state index contributed by atoms with van der Waals surface area (Å²) < 4.78 is 5.23. The predicted octanol–water partition coefficient (Wildman–Crippen LogP) is 4.89. The number of carbonyl (C=O) groups excluding carboxylic acids is 2. The van der Waals surface area contributed by atoms with Crippen molar-refractivity contribution in [1.29, 1.82) is 0 Å². The Hall–Kier alpha value is -3.12. The molecule has 1 aromatic heterocycles. The second kappa shape index (κ2) is 8.49. The Morgan fingerprint density at radius 1 is 1.03 bits per heavy atom. The molecule has 0 spiro atoms. The van der Waals surface area contributed by atoms with Crippen molar-refractivity contribution in [3.05, 3.63) is 82.0 Å². The number of hydrogen-bond donors (Lipinski definition) is 2. The van der Waals surface area contributed by atoms with Gasteiger partial charge in [0.2, 0.25) is 0 Å². The minimum Gasteiger partial charge on any atom is -0.497 e. The Morgan fingerprint density at radius 3 is 2.48 bits per heavy atom. The molecular weight excluding hydrogens is 384 g/mol. The lowest BCUT2D eigenvalue weighted by Gasteiger charge is -2.19. The van der Waals surface area contributed by atoms with Gasteiger partial charge in [0.25, 0.3) is 11.8 Å². The Labute approximate surface area is 173 Å². The molecule has 2 aromatic carbocycles. The average molecular weight is 407 g/mol. The number of hydrogen-bond acceptors (Lipinski definition) is 4.